The van der Waals surface area contributed by atoms with E-state index in [9.17, 15) is 14.4 Å². The molecule has 0 unspecified atom stereocenters. The highest BCUT2D eigenvalue weighted by Crippen LogP contribution is 2.40. The molecule has 2 aliphatic rings. The highest BCUT2D eigenvalue weighted by molar-refractivity contribution is 7.17. The number of hydrogen-bond acceptors (Lipinski definition) is 7. The van der Waals surface area contributed by atoms with Gasteiger partial charge in [-0.25, -0.2) is 4.79 Å². The van der Waals surface area contributed by atoms with Crippen molar-refractivity contribution in [1.29, 1.82) is 0 Å². The molecule has 31 heavy (non-hydrogen) atoms. The van der Waals surface area contributed by atoms with Crippen LogP contribution in [0.3, 0.4) is 0 Å². The number of likely N-dealkylation sites (tertiary alicyclic amines) is 1. The van der Waals surface area contributed by atoms with Gasteiger partial charge < -0.3 is 14.8 Å². The van der Waals surface area contributed by atoms with Crippen LogP contribution in [0, 0.1) is 11.8 Å². The number of carbonyl (C=O) groups is 3. The van der Waals surface area contributed by atoms with E-state index in [4.69, 9.17) is 9.47 Å². The van der Waals surface area contributed by atoms with Gasteiger partial charge in [0.15, 0.2) is 0 Å². The molecule has 1 aliphatic heterocycles. The number of nitrogens with zero attached hydrogens (tertiary/aromatic N) is 1. The number of anilines is 1. The highest BCUT2D eigenvalue weighted by Gasteiger charge is 2.33. The summed E-state index contributed by atoms with van der Waals surface area (Å²) < 4.78 is 10.5. The summed E-state index contributed by atoms with van der Waals surface area (Å²) in [5, 5.41) is 3.60. The van der Waals surface area contributed by atoms with E-state index in [1.54, 1.807) is 13.8 Å². The van der Waals surface area contributed by atoms with Crippen molar-refractivity contribution in [2.45, 2.75) is 65.8 Å². The van der Waals surface area contributed by atoms with Gasteiger partial charge in [0.25, 0.3) is 0 Å². The van der Waals surface area contributed by atoms with Crippen LogP contribution in [0.1, 0.15) is 67.8 Å². The van der Waals surface area contributed by atoms with Gasteiger partial charge in [-0.3, -0.25) is 14.5 Å². The normalized spacial score (nSPS) is 22.3. The van der Waals surface area contributed by atoms with Crippen LogP contribution in [0.2, 0.25) is 0 Å². The van der Waals surface area contributed by atoms with E-state index in [0.29, 0.717) is 36.2 Å². The van der Waals surface area contributed by atoms with E-state index in [2.05, 4.69) is 12.2 Å². The van der Waals surface area contributed by atoms with Gasteiger partial charge in [0, 0.05) is 11.4 Å². The maximum absolute atomic E-state index is 13.1. The lowest BCUT2D eigenvalue weighted by Gasteiger charge is -2.35. The Kier molecular flexibility index (Phi) is 8.11. The standard InChI is InChI=1S/C23H34N2O5S/c1-5-29-22(27)16-8-7-11-25(13-16)15(4)20(26)24-21-19(23(28)30-6-2)17-10-9-14(3)12-18(17)31-21/h14-16H,5-13H2,1-4H3,(H,24,26)/t14-,15-,16+/m1/s1. The van der Waals surface area contributed by atoms with E-state index in [1.807, 2.05) is 11.8 Å². The van der Waals surface area contributed by atoms with Crippen molar-refractivity contribution >= 4 is 34.2 Å². The van der Waals surface area contributed by atoms with Crippen LogP contribution < -0.4 is 5.32 Å². The maximum atomic E-state index is 13.1. The molecule has 1 amide bonds. The van der Waals surface area contributed by atoms with Gasteiger partial charge in [0.1, 0.15) is 5.00 Å². The molecule has 1 saturated heterocycles. The third-order valence-corrected chi connectivity index (χ3v) is 7.40. The monoisotopic (exact) mass is 450 g/mol. The Labute approximate surface area is 188 Å². The summed E-state index contributed by atoms with van der Waals surface area (Å²) in [6.07, 6.45) is 4.42. The largest absolute Gasteiger partial charge is 0.466 e. The Hall–Kier alpha value is -1.93. The molecule has 8 heteroatoms. The number of fused-ring (bicyclic) bond motifs is 1. The molecule has 0 radical (unpaired) electrons. The number of hydrogen-bond donors (Lipinski definition) is 1. The molecule has 0 aromatic carbocycles. The maximum Gasteiger partial charge on any atom is 0.341 e. The first kappa shape index (κ1) is 23.7. The molecule has 1 aromatic heterocycles. The number of thiophene rings is 1. The predicted octanol–water partition coefficient (Wildman–Crippen LogP) is 3.65. The number of rotatable bonds is 7. The smallest absolute Gasteiger partial charge is 0.341 e. The SMILES string of the molecule is CCOC(=O)c1c(NC(=O)[C@@H](C)N2CCC[C@H](C(=O)OCC)C2)sc2c1CC[C@@H](C)C2. The van der Waals surface area contributed by atoms with Gasteiger partial charge in [-0.2, -0.15) is 0 Å². The number of ether oxygens (including phenoxy) is 2. The van der Waals surface area contributed by atoms with Crippen LogP contribution >= 0.6 is 11.3 Å². The van der Waals surface area contributed by atoms with Crippen LogP contribution in [-0.2, 0) is 31.9 Å². The van der Waals surface area contributed by atoms with Crippen molar-refractivity contribution in [1.82, 2.24) is 4.90 Å². The fourth-order valence-electron chi connectivity index (χ4n) is 4.45. The van der Waals surface area contributed by atoms with E-state index in [-0.39, 0.29) is 23.8 Å². The second kappa shape index (κ2) is 10.6. The van der Waals surface area contributed by atoms with Crippen molar-refractivity contribution < 1.29 is 23.9 Å². The first-order valence-corrected chi connectivity index (χ1v) is 12.2. The van der Waals surface area contributed by atoms with Gasteiger partial charge in [-0.15, -0.1) is 11.3 Å². The number of piperidine rings is 1. The summed E-state index contributed by atoms with van der Waals surface area (Å²) in [5.74, 6) is -0.351. The fourth-order valence-corrected chi connectivity index (χ4v) is 5.85. The van der Waals surface area contributed by atoms with E-state index >= 15 is 0 Å². The molecule has 1 N–H and O–H groups in total. The number of esters is 2. The second-order valence-electron chi connectivity index (χ2n) is 8.53. The minimum Gasteiger partial charge on any atom is -0.466 e. The Morgan fingerprint density at radius 2 is 1.94 bits per heavy atom. The van der Waals surface area contributed by atoms with Crippen LogP contribution in [0.4, 0.5) is 5.00 Å². The van der Waals surface area contributed by atoms with E-state index < -0.39 is 6.04 Å². The van der Waals surface area contributed by atoms with Crippen LogP contribution in [-0.4, -0.2) is 55.1 Å². The molecule has 0 bridgehead atoms. The van der Waals surface area contributed by atoms with Crippen molar-refractivity contribution in [2.24, 2.45) is 11.8 Å². The number of amides is 1. The van der Waals surface area contributed by atoms with Gasteiger partial charge in [-0.05, 0) is 70.9 Å². The van der Waals surface area contributed by atoms with Crippen LogP contribution in [0.5, 0.6) is 0 Å². The van der Waals surface area contributed by atoms with Gasteiger partial charge in [0.05, 0.1) is 30.7 Å². The fraction of sp³-hybridized carbons (Fsp3) is 0.696. The van der Waals surface area contributed by atoms with Crippen molar-refractivity contribution in [3.8, 4) is 0 Å². The summed E-state index contributed by atoms with van der Waals surface area (Å²) in [4.78, 5) is 41.1. The van der Waals surface area contributed by atoms with Gasteiger partial charge in [0.2, 0.25) is 5.91 Å². The molecule has 7 nitrogen and oxygen atoms in total. The molecule has 1 aliphatic carbocycles. The topological polar surface area (TPSA) is 84.9 Å². The van der Waals surface area contributed by atoms with Crippen molar-refractivity contribution in [3.05, 3.63) is 16.0 Å². The zero-order valence-corrected chi connectivity index (χ0v) is 19.8. The lowest BCUT2D eigenvalue weighted by atomic mass is 9.88. The first-order chi connectivity index (χ1) is 14.8. The lowest BCUT2D eigenvalue weighted by molar-refractivity contribution is -0.150. The summed E-state index contributed by atoms with van der Waals surface area (Å²) >= 11 is 1.50. The Bertz CT molecular complexity index is 821. The summed E-state index contributed by atoms with van der Waals surface area (Å²) in [5.41, 5.74) is 1.56. The van der Waals surface area contributed by atoms with Crippen molar-refractivity contribution in [3.63, 3.8) is 0 Å². The summed E-state index contributed by atoms with van der Waals surface area (Å²) in [7, 11) is 0. The molecule has 3 rings (SSSR count). The molecule has 0 spiro atoms. The van der Waals surface area contributed by atoms with Crippen LogP contribution in [0.15, 0.2) is 0 Å². The average Bonchev–Trinajstić information content (AvgIpc) is 3.10. The van der Waals surface area contributed by atoms with Crippen LogP contribution in [0.25, 0.3) is 0 Å². The Morgan fingerprint density at radius 1 is 1.19 bits per heavy atom. The minimum absolute atomic E-state index is 0.165. The molecule has 0 saturated carbocycles. The molecule has 2 heterocycles. The molecular weight excluding hydrogens is 416 g/mol. The third-order valence-electron chi connectivity index (χ3n) is 6.23. The minimum atomic E-state index is -0.412. The zero-order chi connectivity index (χ0) is 22.5. The van der Waals surface area contributed by atoms with E-state index in [1.165, 1.54) is 16.2 Å². The number of carbonyl (C=O) groups excluding carboxylic acids is 3. The quantitative estimate of drug-likeness (QED) is 0.639. The number of nitrogens with one attached hydrogen (secondary N) is 1. The highest BCUT2D eigenvalue weighted by atomic mass is 32.1. The zero-order valence-electron chi connectivity index (χ0n) is 19.0. The molecule has 172 valence electrons. The summed E-state index contributed by atoms with van der Waals surface area (Å²) in [6.45, 7) is 9.58. The summed E-state index contributed by atoms with van der Waals surface area (Å²) in [6, 6.07) is -0.412. The van der Waals surface area contributed by atoms with Gasteiger partial charge in [-0.1, -0.05) is 6.92 Å². The van der Waals surface area contributed by atoms with Gasteiger partial charge >= 0.3 is 11.9 Å². The first-order valence-electron chi connectivity index (χ1n) is 11.4. The molecule has 1 aromatic rings. The lowest BCUT2D eigenvalue weighted by Crippen LogP contribution is -2.48. The molecule has 3 atom stereocenters. The van der Waals surface area contributed by atoms with Crippen molar-refractivity contribution in [2.75, 3.05) is 31.6 Å². The third kappa shape index (κ3) is 5.47. The Balaban J connectivity index is 1.75. The molecule has 1 fully saturated rings. The molecular formula is C23H34N2O5S. The average molecular weight is 451 g/mol. The predicted molar refractivity (Wildman–Crippen MR) is 120 cm³/mol. The second-order valence-corrected chi connectivity index (χ2v) is 9.63. The Morgan fingerprint density at radius 3 is 2.65 bits per heavy atom. The van der Waals surface area contributed by atoms with E-state index in [0.717, 1.165) is 44.2 Å².